The number of fused-ring (bicyclic) bond motifs is 7. The first-order valence-electron chi connectivity index (χ1n) is 21.3. The molecule has 2 N–H and O–H groups in total. The zero-order valence-electron chi connectivity index (χ0n) is 35.0. The number of aliphatic carboxylic acids is 1. The number of hydrogen-bond acceptors (Lipinski definition) is 5. The molecule has 1 heterocycles. The summed E-state index contributed by atoms with van der Waals surface area (Å²) < 4.78 is 38.3. The monoisotopic (exact) mass is 826 g/mol. The van der Waals surface area contributed by atoms with Gasteiger partial charge < -0.3 is 15.3 Å². The molecule has 6 nitrogen and oxygen atoms in total. The van der Waals surface area contributed by atoms with Crippen molar-refractivity contribution in [1.29, 1.82) is 0 Å². The molecule has 7 aliphatic rings. The van der Waals surface area contributed by atoms with Crippen molar-refractivity contribution in [2.24, 2.45) is 56.7 Å². The number of carbonyl (C=O) groups is 1. The fraction of sp³-hybridized carbons (Fsp3) is 0.844. The predicted octanol–water partition coefficient (Wildman–Crippen LogP) is 10.0. The van der Waals surface area contributed by atoms with Gasteiger partial charge in [0.25, 0.3) is 0 Å². The molecule has 55 heavy (non-hydrogen) atoms. The minimum absolute atomic E-state index is 0. The summed E-state index contributed by atoms with van der Waals surface area (Å²) in [5.41, 5.74) is 3.65. The second kappa shape index (κ2) is 15.6. The molecule has 0 aromatic heterocycles. The summed E-state index contributed by atoms with van der Waals surface area (Å²) in [6.45, 7) is 22.8. The predicted molar refractivity (Wildman–Crippen MR) is 228 cm³/mol. The Morgan fingerprint density at radius 2 is 1.60 bits per heavy atom. The Kier molecular flexibility index (Phi) is 12.8. The fourth-order valence-electron chi connectivity index (χ4n) is 15.1. The number of allylic oxidation sites excluding steroid dienone is 5. The zero-order valence-corrected chi connectivity index (χ0v) is 37.4. The molecule has 0 aromatic rings. The number of likely N-dealkylation sites (tertiary alicyclic amines) is 1. The van der Waals surface area contributed by atoms with Crippen molar-refractivity contribution in [2.45, 2.75) is 142 Å². The van der Waals surface area contributed by atoms with Gasteiger partial charge >= 0.3 is 5.97 Å². The summed E-state index contributed by atoms with van der Waals surface area (Å²) in [5, 5.41) is 13.9. The summed E-state index contributed by atoms with van der Waals surface area (Å²) in [5.74, 6) is 2.04. The van der Waals surface area contributed by atoms with Crippen molar-refractivity contribution >= 4 is 40.6 Å². The number of hydrogen-bond donors (Lipinski definition) is 2. The van der Waals surface area contributed by atoms with E-state index in [0.29, 0.717) is 42.4 Å². The van der Waals surface area contributed by atoms with E-state index in [0.717, 1.165) is 45.4 Å². The number of carboxylic acids is 1. The molecule has 0 bridgehead atoms. The van der Waals surface area contributed by atoms with Crippen LogP contribution in [0.5, 0.6) is 0 Å². The maximum absolute atomic E-state index is 14.0. The van der Waals surface area contributed by atoms with E-state index in [4.69, 9.17) is 0 Å². The molecule has 6 aliphatic carbocycles. The lowest BCUT2D eigenvalue weighted by Gasteiger charge is -2.72. The molecule has 0 amide bonds. The summed E-state index contributed by atoms with van der Waals surface area (Å²) in [4.78, 5) is 14.5. The van der Waals surface area contributed by atoms with Crippen LogP contribution >= 0.6 is 24.8 Å². The number of halogens is 3. The Bertz CT molecular complexity index is 1660. The SMILES string of the molecule is C=C(C)[C@@H]1CC[C@]2(NCCN3CCC(S(C)(=O)=O)CC3)CC[C@]3(C)[C@H](CC[C@@H]4[C@@]5(C)CC=C(C6=CC[C@](CF)(C(=O)O)CC6)C(C)(C)[C@@H]5CC[C@]43C)[C@@H]12.Cl.Cl. The van der Waals surface area contributed by atoms with Gasteiger partial charge in [-0.25, -0.2) is 12.8 Å². The van der Waals surface area contributed by atoms with Crippen LogP contribution in [0, 0.1) is 56.7 Å². The third-order valence-electron chi connectivity index (χ3n) is 18.4. The lowest BCUT2D eigenvalue weighted by Crippen LogP contribution is -2.68. The van der Waals surface area contributed by atoms with Gasteiger partial charge in [-0.05, 0) is 172 Å². The van der Waals surface area contributed by atoms with E-state index in [-0.39, 0.29) is 63.7 Å². The maximum Gasteiger partial charge on any atom is 0.312 e. The normalized spacial score (nSPS) is 42.9. The molecule has 314 valence electrons. The van der Waals surface area contributed by atoms with Crippen LogP contribution in [0.25, 0.3) is 0 Å². The van der Waals surface area contributed by atoms with Crippen LogP contribution in [0.1, 0.15) is 131 Å². The second-order valence-electron chi connectivity index (χ2n) is 20.8. The maximum atomic E-state index is 14.0. The van der Waals surface area contributed by atoms with Gasteiger partial charge in [-0.2, -0.15) is 0 Å². The van der Waals surface area contributed by atoms with Crippen molar-refractivity contribution in [3.63, 3.8) is 0 Å². The molecule has 0 radical (unpaired) electrons. The van der Waals surface area contributed by atoms with Crippen LogP contribution in [0.4, 0.5) is 4.39 Å². The molecule has 0 unspecified atom stereocenters. The van der Waals surface area contributed by atoms with Gasteiger partial charge in [0.1, 0.15) is 16.5 Å². The van der Waals surface area contributed by atoms with Crippen molar-refractivity contribution < 1.29 is 22.7 Å². The Morgan fingerprint density at radius 3 is 2.18 bits per heavy atom. The van der Waals surface area contributed by atoms with Gasteiger partial charge in [-0.3, -0.25) is 4.79 Å². The van der Waals surface area contributed by atoms with Gasteiger partial charge in [-0.15, -0.1) is 24.8 Å². The van der Waals surface area contributed by atoms with Crippen LogP contribution in [-0.2, 0) is 14.6 Å². The van der Waals surface area contributed by atoms with Crippen molar-refractivity contribution in [3.05, 3.63) is 35.5 Å². The zero-order chi connectivity index (χ0) is 38.4. The quantitative estimate of drug-likeness (QED) is 0.225. The third-order valence-corrected chi connectivity index (χ3v) is 20.0. The number of nitrogens with one attached hydrogen (secondary N) is 1. The van der Waals surface area contributed by atoms with Crippen molar-refractivity contribution in [3.8, 4) is 0 Å². The van der Waals surface area contributed by atoms with Crippen LogP contribution in [0.3, 0.4) is 0 Å². The second-order valence-corrected chi connectivity index (χ2v) is 23.2. The van der Waals surface area contributed by atoms with Gasteiger partial charge in [0.2, 0.25) is 0 Å². The van der Waals surface area contributed by atoms with Crippen LogP contribution < -0.4 is 5.32 Å². The summed E-state index contributed by atoms with van der Waals surface area (Å²) in [6, 6.07) is 0. The van der Waals surface area contributed by atoms with Gasteiger partial charge in [0, 0.05) is 24.9 Å². The molecule has 4 saturated carbocycles. The average Bonchev–Trinajstić information content (AvgIpc) is 3.48. The van der Waals surface area contributed by atoms with E-state index in [2.05, 4.69) is 70.5 Å². The fourth-order valence-corrected chi connectivity index (χ4v) is 16.2. The number of alkyl halides is 1. The van der Waals surface area contributed by atoms with Crippen LogP contribution in [0.2, 0.25) is 0 Å². The van der Waals surface area contributed by atoms with Crippen molar-refractivity contribution in [2.75, 3.05) is 39.1 Å². The molecule has 1 aliphatic heterocycles. The Labute approximate surface area is 345 Å². The van der Waals surface area contributed by atoms with Crippen molar-refractivity contribution in [1.82, 2.24) is 10.2 Å². The van der Waals surface area contributed by atoms with Gasteiger partial charge in [0.15, 0.2) is 0 Å². The standard InChI is InChI=1S/C45H71FN2O4S.2ClH/c1-30(2)33-13-22-45(47-25-28-48-26-16-32(17-27-48)53(8,51)52)24-23-42(6)35(38(33)45)9-10-37-41(5)18-14-34(40(3,4)36(41)15-19-43(37,42)7)31-11-20-44(29-46,21-12-31)39(49)50;;/h11,14,32-33,35-38,47H,1,9-10,12-13,15-29H2,2-8H3,(H,49,50);2*1H/t33-,35+,36-,37+,38+,41-,42+,43+,44-,45-;;/m0../s1. The largest absolute Gasteiger partial charge is 0.481 e. The topological polar surface area (TPSA) is 86.7 Å². The first-order valence-corrected chi connectivity index (χ1v) is 23.2. The van der Waals surface area contributed by atoms with E-state index in [1.165, 1.54) is 74.3 Å². The van der Waals surface area contributed by atoms with Crippen LogP contribution in [0.15, 0.2) is 35.5 Å². The highest BCUT2D eigenvalue weighted by molar-refractivity contribution is 7.91. The lowest BCUT2D eigenvalue weighted by atomic mass is 9.33. The summed E-state index contributed by atoms with van der Waals surface area (Å²) in [7, 11) is -2.96. The highest BCUT2D eigenvalue weighted by Crippen LogP contribution is 2.76. The highest BCUT2D eigenvalue weighted by Gasteiger charge is 2.70. The third kappa shape index (κ3) is 7.05. The molecule has 5 fully saturated rings. The van der Waals surface area contributed by atoms with E-state index in [1.807, 2.05) is 0 Å². The number of carboxylic acid groups (broad SMARTS) is 1. The minimum atomic E-state index is -2.96. The van der Waals surface area contributed by atoms with Gasteiger partial charge in [0.05, 0.1) is 10.7 Å². The Morgan fingerprint density at radius 1 is 0.909 bits per heavy atom. The molecule has 0 spiro atoms. The molecule has 10 heteroatoms. The first-order chi connectivity index (χ1) is 24.8. The highest BCUT2D eigenvalue weighted by atomic mass is 35.5. The Hall–Kier alpha value is -0.930. The smallest absolute Gasteiger partial charge is 0.312 e. The molecule has 1 saturated heterocycles. The number of sulfone groups is 1. The van der Waals surface area contributed by atoms with E-state index < -0.39 is 27.9 Å². The molecule has 7 rings (SSSR count). The summed E-state index contributed by atoms with van der Waals surface area (Å²) >= 11 is 0. The first kappa shape index (κ1) is 45.2. The molecular formula is C45H73Cl2FN2O4S. The Balaban J connectivity index is 0.00000290. The van der Waals surface area contributed by atoms with E-state index in [1.54, 1.807) is 0 Å². The molecular weight excluding hydrogens is 754 g/mol. The van der Waals surface area contributed by atoms with Gasteiger partial charge in [-0.1, -0.05) is 58.9 Å². The molecule has 0 aromatic carbocycles. The van der Waals surface area contributed by atoms with E-state index >= 15 is 0 Å². The minimum Gasteiger partial charge on any atom is -0.481 e. The number of piperidine rings is 1. The number of rotatable bonds is 9. The average molecular weight is 828 g/mol. The number of nitrogens with zero attached hydrogens (tertiary/aromatic N) is 1. The molecule has 10 atom stereocenters. The lowest BCUT2D eigenvalue weighted by molar-refractivity contribution is -0.221. The van der Waals surface area contributed by atoms with Crippen LogP contribution in [-0.4, -0.2) is 74.3 Å². The summed E-state index contributed by atoms with van der Waals surface area (Å²) in [6.07, 6.45) is 19.9. The van der Waals surface area contributed by atoms with E-state index in [9.17, 15) is 22.7 Å².